The minimum atomic E-state index is -1.14. The molecule has 2 amide bonds. The quantitative estimate of drug-likeness (QED) is 0.668. The van der Waals surface area contributed by atoms with E-state index in [0.29, 0.717) is 31.0 Å². The molecule has 0 bridgehead atoms. The number of likely N-dealkylation sites (tertiary alicyclic amines) is 1. The maximum absolute atomic E-state index is 12.5. The van der Waals surface area contributed by atoms with E-state index in [1.54, 1.807) is 33.0 Å². The number of amides is 2. The van der Waals surface area contributed by atoms with Crippen LogP contribution in [0.1, 0.15) is 25.8 Å². The topological polar surface area (TPSA) is 94.2 Å². The minimum Gasteiger partial charge on any atom is -0.493 e. The van der Waals surface area contributed by atoms with Crippen LogP contribution in [0.4, 0.5) is 0 Å². The van der Waals surface area contributed by atoms with E-state index in [1.165, 1.54) is 7.11 Å². The third kappa shape index (κ3) is 4.94. The Morgan fingerprint density at radius 3 is 2.46 bits per heavy atom. The highest BCUT2D eigenvalue weighted by molar-refractivity contribution is 5.92. The molecule has 0 radical (unpaired) electrons. The fourth-order valence-corrected chi connectivity index (χ4v) is 3.18. The Morgan fingerprint density at radius 2 is 1.86 bits per heavy atom. The number of esters is 1. The lowest BCUT2D eigenvalue weighted by Gasteiger charge is -2.25. The van der Waals surface area contributed by atoms with Gasteiger partial charge in [0.05, 0.1) is 27.2 Å². The first-order chi connectivity index (χ1) is 13.2. The van der Waals surface area contributed by atoms with Gasteiger partial charge in [0.15, 0.2) is 11.5 Å². The van der Waals surface area contributed by atoms with Crippen LogP contribution in [0.3, 0.4) is 0 Å². The van der Waals surface area contributed by atoms with Crippen molar-refractivity contribution in [2.24, 2.45) is 5.92 Å². The molecule has 2 rings (SSSR count). The molecule has 8 heteroatoms. The number of nitrogens with one attached hydrogen (secondary N) is 1. The number of carbonyl (C=O) groups is 3. The van der Waals surface area contributed by atoms with Crippen molar-refractivity contribution in [3.8, 4) is 11.5 Å². The lowest BCUT2D eigenvalue weighted by Crippen LogP contribution is -2.52. The van der Waals surface area contributed by atoms with Gasteiger partial charge >= 0.3 is 5.97 Å². The van der Waals surface area contributed by atoms with Crippen molar-refractivity contribution in [3.05, 3.63) is 23.8 Å². The minimum absolute atomic E-state index is 0.0727. The summed E-state index contributed by atoms with van der Waals surface area (Å²) in [5.74, 6) is -0.130. The second-order valence-corrected chi connectivity index (χ2v) is 7.29. The van der Waals surface area contributed by atoms with Gasteiger partial charge in [0, 0.05) is 19.5 Å². The molecule has 1 atom stereocenters. The zero-order valence-corrected chi connectivity index (χ0v) is 17.0. The summed E-state index contributed by atoms with van der Waals surface area (Å²) in [5, 5.41) is 2.67. The van der Waals surface area contributed by atoms with Gasteiger partial charge in [-0.25, -0.2) is 4.79 Å². The van der Waals surface area contributed by atoms with Crippen LogP contribution in [0.25, 0.3) is 0 Å². The van der Waals surface area contributed by atoms with Crippen LogP contribution in [-0.2, 0) is 25.5 Å². The number of methoxy groups -OCH3 is 3. The van der Waals surface area contributed by atoms with Crippen molar-refractivity contribution in [2.75, 3.05) is 34.4 Å². The highest BCUT2D eigenvalue weighted by Crippen LogP contribution is 2.28. The monoisotopic (exact) mass is 392 g/mol. The number of hydrogen-bond acceptors (Lipinski definition) is 6. The number of rotatable bonds is 8. The third-order valence-corrected chi connectivity index (χ3v) is 4.84. The van der Waals surface area contributed by atoms with Gasteiger partial charge in [0.25, 0.3) is 0 Å². The largest absolute Gasteiger partial charge is 0.493 e. The summed E-state index contributed by atoms with van der Waals surface area (Å²) in [6.45, 7) is 3.97. The number of ether oxygens (including phenoxy) is 3. The Hall–Kier alpha value is -2.77. The zero-order chi connectivity index (χ0) is 20.9. The van der Waals surface area contributed by atoms with Crippen LogP contribution >= 0.6 is 0 Å². The van der Waals surface area contributed by atoms with Crippen molar-refractivity contribution < 1.29 is 28.6 Å². The Morgan fingerprint density at radius 1 is 1.18 bits per heavy atom. The zero-order valence-electron chi connectivity index (χ0n) is 17.0. The summed E-state index contributed by atoms with van der Waals surface area (Å²) >= 11 is 0. The Balaban J connectivity index is 1.94. The molecule has 0 saturated carbocycles. The third-order valence-electron chi connectivity index (χ3n) is 4.84. The van der Waals surface area contributed by atoms with E-state index in [9.17, 15) is 14.4 Å². The number of nitrogens with zero attached hydrogens (tertiary/aromatic N) is 1. The SMILES string of the molecule is COC(=O)C(C)(C)NC(=O)[C@@H]1CC(=O)N(CCc2ccc(OC)c(OC)c2)C1. The summed E-state index contributed by atoms with van der Waals surface area (Å²) in [7, 11) is 4.42. The van der Waals surface area contributed by atoms with Gasteiger partial charge < -0.3 is 24.4 Å². The first-order valence-electron chi connectivity index (χ1n) is 9.11. The van der Waals surface area contributed by atoms with Crippen molar-refractivity contribution in [2.45, 2.75) is 32.2 Å². The highest BCUT2D eigenvalue weighted by Gasteiger charge is 2.38. The number of benzene rings is 1. The lowest BCUT2D eigenvalue weighted by molar-refractivity contribution is -0.149. The molecule has 1 aromatic rings. The average Bonchev–Trinajstić information content (AvgIpc) is 3.05. The Bertz CT molecular complexity index is 746. The van der Waals surface area contributed by atoms with Crippen molar-refractivity contribution >= 4 is 17.8 Å². The van der Waals surface area contributed by atoms with E-state index in [1.807, 2.05) is 18.2 Å². The molecule has 1 aliphatic rings. The standard InChI is InChI=1S/C20H28N2O6/c1-20(2,19(25)28-5)21-18(24)14-11-17(23)22(12-14)9-8-13-6-7-15(26-3)16(10-13)27-4/h6-7,10,14H,8-9,11-12H2,1-5H3,(H,21,24)/t14-/m1/s1. The van der Waals surface area contributed by atoms with Gasteiger partial charge in [-0.05, 0) is 38.0 Å². The van der Waals surface area contributed by atoms with E-state index < -0.39 is 17.4 Å². The van der Waals surface area contributed by atoms with Gasteiger partial charge in [-0.2, -0.15) is 0 Å². The first-order valence-corrected chi connectivity index (χ1v) is 9.11. The second kappa shape index (κ2) is 8.95. The molecule has 0 unspecified atom stereocenters. The molecule has 0 aliphatic carbocycles. The summed E-state index contributed by atoms with van der Waals surface area (Å²) in [5.41, 5.74) is -0.132. The molecule has 1 N–H and O–H groups in total. The molecule has 1 aromatic carbocycles. The number of hydrogen-bond donors (Lipinski definition) is 1. The van der Waals surface area contributed by atoms with Gasteiger partial charge in [-0.1, -0.05) is 6.07 Å². The summed E-state index contributed by atoms with van der Waals surface area (Å²) in [4.78, 5) is 38.2. The fourth-order valence-electron chi connectivity index (χ4n) is 3.18. The van der Waals surface area contributed by atoms with E-state index in [4.69, 9.17) is 14.2 Å². The first kappa shape index (κ1) is 21.5. The molecule has 28 heavy (non-hydrogen) atoms. The molecular formula is C20H28N2O6. The highest BCUT2D eigenvalue weighted by atomic mass is 16.5. The van der Waals surface area contributed by atoms with E-state index in [2.05, 4.69) is 5.32 Å². The molecule has 1 aliphatic heterocycles. The Labute approximate surface area is 165 Å². The number of carbonyl (C=O) groups excluding carboxylic acids is 3. The second-order valence-electron chi connectivity index (χ2n) is 7.29. The summed E-state index contributed by atoms with van der Waals surface area (Å²) in [6.07, 6.45) is 0.767. The van der Waals surface area contributed by atoms with E-state index in [-0.39, 0.29) is 18.2 Å². The maximum atomic E-state index is 12.5. The van der Waals surface area contributed by atoms with Crippen LogP contribution in [0.15, 0.2) is 18.2 Å². The predicted octanol–water partition coefficient (Wildman–Crippen LogP) is 1.16. The fraction of sp³-hybridized carbons (Fsp3) is 0.550. The van der Waals surface area contributed by atoms with E-state index in [0.717, 1.165) is 5.56 Å². The van der Waals surface area contributed by atoms with E-state index >= 15 is 0 Å². The molecule has 8 nitrogen and oxygen atoms in total. The maximum Gasteiger partial charge on any atom is 0.330 e. The summed E-state index contributed by atoms with van der Waals surface area (Å²) < 4.78 is 15.2. The molecule has 0 spiro atoms. The van der Waals surface area contributed by atoms with Crippen LogP contribution in [0, 0.1) is 5.92 Å². The molecule has 1 saturated heterocycles. The van der Waals surface area contributed by atoms with Crippen LogP contribution < -0.4 is 14.8 Å². The smallest absolute Gasteiger partial charge is 0.330 e. The predicted molar refractivity (Wildman–Crippen MR) is 102 cm³/mol. The Kier molecular flexibility index (Phi) is 6.88. The molecule has 154 valence electrons. The van der Waals surface area contributed by atoms with Crippen molar-refractivity contribution in [3.63, 3.8) is 0 Å². The average molecular weight is 392 g/mol. The van der Waals surface area contributed by atoms with Gasteiger partial charge in [-0.3, -0.25) is 9.59 Å². The van der Waals surface area contributed by atoms with Crippen LogP contribution in [0.5, 0.6) is 11.5 Å². The molecule has 1 fully saturated rings. The lowest BCUT2D eigenvalue weighted by atomic mass is 10.0. The van der Waals surface area contributed by atoms with Gasteiger partial charge in [0.2, 0.25) is 11.8 Å². The van der Waals surface area contributed by atoms with Gasteiger partial charge in [-0.15, -0.1) is 0 Å². The van der Waals surface area contributed by atoms with Crippen LogP contribution in [0.2, 0.25) is 0 Å². The summed E-state index contributed by atoms with van der Waals surface area (Å²) in [6, 6.07) is 5.62. The van der Waals surface area contributed by atoms with Crippen molar-refractivity contribution in [1.82, 2.24) is 10.2 Å². The normalized spacial score (nSPS) is 16.7. The van der Waals surface area contributed by atoms with Crippen molar-refractivity contribution in [1.29, 1.82) is 0 Å². The molecule has 1 heterocycles. The van der Waals surface area contributed by atoms with Gasteiger partial charge in [0.1, 0.15) is 5.54 Å². The molecule has 0 aromatic heterocycles. The van der Waals surface area contributed by atoms with Crippen LogP contribution in [-0.4, -0.2) is 62.6 Å². The molecular weight excluding hydrogens is 364 g/mol.